The highest BCUT2D eigenvalue weighted by Gasteiger charge is 2.21. The SMILES string of the molecule is CC(=O)N(c1nc(C=CC(=O)c2ccc3c(c2)OCO3)cs1)c1c(C)cccc1C. The molecule has 0 atom stereocenters. The molecule has 1 aliphatic rings. The standard InChI is InChI=1S/C23H20N2O4S/c1-14-5-4-6-15(2)22(14)25(16(3)26)23-24-18(12-30-23)8-9-19(27)17-7-10-20-21(11-17)29-13-28-20/h4-12H,13H2,1-3H3. The number of aromatic nitrogens is 1. The van der Waals surface area contributed by atoms with E-state index in [1.54, 1.807) is 29.2 Å². The molecule has 0 saturated heterocycles. The van der Waals surface area contributed by atoms with E-state index in [1.165, 1.54) is 24.3 Å². The van der Waals surface area contributed by atoms with Crippen LogP contribution in [0.15, 0.2) is 47.9 Å². The lowest BCUT2D eigenvalue weighted by Crippen LogP contribution is -2.24. The predicted octanol–water partition coefficient (Wildman–Crippen LogP) is 5.07. The van der Waals surface area contributed by atoms with Crippen LogP contribution in [0.25, 0.3) is 6.08 Å². The zero-order valence-corrected chi connectivity index (χ0v) is 17.7. The highest BCUT2D eigenvalue weighted by molar-refractivity contribution is 7.14. The third-order valence-electron chi connectivity index (χ3n) is 4.74. The van der Waals surface area contributed by atoms with E-state index >= 15 is 0 Å². The van der Waals surface area contributed by atoms with Gasteiger partial charge in [-0.05, 0) is 55.3 Å². The van der Waals surface area contributed by atoms with Crippen LogP contribution in [0.1, 0.15) is 34.1 Å². The molecule has 0 bridgehead atoms. The number of carbonyl (C=O) groups is 2. The van der Waals surface area contributed by atoms with Crippen LogP contribution in [0.2, 0.25) is 0 Å². The van der Waals surface area contributed by atoms with Gasteiger partial charge in [0.1, 0.15) is 0 Å². The van der Waals surface area contributed by atoms with Crippen LogP contribution in [-0.2, 0) is 4.79 Å². The second-order valence-corrected chi connectivity index (χ2v) is 7.75. The number of hydrogen-bond acceptors (Lipinski definition) is 6. The number of thiazole rings is 1. The summed E-state index contributed by atoms with van der Waals surface area (Å²) in [6, 6.07) is 11.0. The Hall–Kier alpha value is -3.45. The van der Waals surface area contributed by atoms with Crippen molar-refractivity contribution in [2.75, 3.05) is 11.7 Å². The lowest BCUT2D eigenvalue weighted by atomic mass is 10.1. The maximum absolute atomic E-state index is 12.5. The number of benzene rings is 2. The van der Waals surface area contributed by atoms with E-state index in [1.807, 2.05) is 37.4 Å². The highest BCUT2D eigenvalue weighted by Crippen LogP contribution is 2.34. The lowest BCUT2D eigenvalue weighted by molar-refractivity contribution is -0.115. The number of ether oxygens (including phenoxy) is 2. The van der Waals surface area contributed by atoms with Crippen molar-refractivity contribution in [3.8, 4) is 11.5 Å². The summed E-state index contributed by atoms with van der Waals surface area (Å²) in [6.45, 7) is 5.62. The Morgan fingerprint density at radius 1 is 1.10 bits per heavy atom. The number of aryl methyl sites for hydroxylation is 2. The summed E-state index contributed by atoms with van der Waals surface area (Å²) in [7, 11) is 0. The third-order valence-corrected chi connectivity index (χ3v) is 5.59. The Morgan fingerprint density at radius 3 is 2.57 bits per heavy atom. The first-order chi connectivity index (χ1) is 14.4. The van der Waals surface area contributed by atoms with Crippen LogP contribution < -0.4 is 14.4 Å². The quantitative estimate of drug-likeness (QED) is 0.426. The minimum atomic E-state index is -0.166. The van der Waals surface area contributed by atoms with E-state index in [4.69, 9.17) is 9.47 Å². The van der Waals surface area contributed by atoms with Crippen LogP contribution in [0.4, 0.5) is 10.8 Å². The summed E-state index contributed by atoms with van der Waals surface area (Å²) in [6.07, 6.45) is 3.11. The summed E-state index contributed by atoms with van der Waals surface area (Å²) in [5, 5.41) is 2.39. The first-order valence-electron chi connectivity index (χ1n) is 9.38. The molecule has 0 aliphatic carbocycles. The third kappa shape index (κ3) is 3.84. The van der Waals surface area contributed by atoms with Gasteiger partial charge in [-0.1, -0.05) is 18.2 Å². The van der Waals surface area contributed by atoms with Gasteiger partial charge < -0.3 is 9.47 Å². The number of rotatable bonds is 5. The van der Waals surface area contributed by atoms with Crippen molar-refractivity contribution in [3.05, 3.63) is 70.2 Å². The summed E-state index contributed by atoms with van der Waals surface area (Å²) in [5.74, 6) is 0.918. The Bertz CT molecular complexity index is 1150. The van der Waals surface area contributed by atoms with Gasteiger partial charge in [0.2, 0.25) is 12.7 Å². The van der Waals surface area contributed by atoms with Crippen LogP contribution >= 0.6 is 11.3 Å². The average Bonchev–Trinajstić information content (AvgIpc) is 3.37. The number of amides is 1. The Balaban J connectivity index is 1.57. The molecule has 1 aromatic heterocycles. The topological polar surface area (TPSA) is 68.7 Å². The molecule has 0 saturated carbocycles. The number of fused-ring (bicyclic) bond motifs is 1. The van der Waals surface area contributed by atoms with Gasteiger partial charge >= 0.3 is 0 Å². The molecular weight excluding hydrogens is 400 g/mol. The van der Waals surface area contributed by atoms with Crippen molar-refractivity contribution in [2.24, 2.45) is 0 Å². The first kappa shape index (κ1) is 19.8. The van der Waals surface area contributed by atoms with Gasteiger partial charge in [0, 0.05) is 17.9 Å². The number of carbonyl (C=O) groups excluding carboxylic acids is 2. The molecule has 152 valence electrons. The highest BCUT2D eigenvalue weighted by atomic mass is 32.1. The number of para-hydroxylation sites is 1. The molecule has 2 heterocycles. The molecule has 4 rings (SSSR count). The average molecular weight is 420 g/mol. The maximum Gasteiger partial charge on any atom is 0.231 e. The number of nitrogens with zero attached hydrogens (tertiary/aromatic N) is 2. The molecule has 7 heteroatoms. The normalized spacial score (nSPS) is 12.4. The monoisotopic (exact) mass is 420 g/mol. The van der Waals surface area contributed by atoms with E-state index in [0.717, 1.165) is 16.8 Å². The van der Waals surface area contributed by atoms with Crippen molar-refractivity contribution in [3.63, 3.8) is 0 Å². The molecule has 3 aromatic rings. The number of ketones is 1. The van der Waals surface area contributed by atoms with Gasteiger partial charge in [-0.2, -0.15) is 0 Å². The predicted molar refractivity (Wildman–Crippen MR) is 117 cm³/mol. The van der Waals surface area contributed by atoms with Crippen molar-refractivity contribution < 1.29 is 19.1 Å². The molecule has 1 aliphatic heterocycles. The molecular formula is C23H20N2O4S. The minimum Gasteiger partial charge on any atom is -0.454 e. The van der Waals surface area contributed by atoms with Crippen molar-refractivity contribution in [1.82, 2.24) is 4.98 Å². The Morgan fingerprint density at radius 2 is 1.83 bits per heavy atom. The van der Waals surface area contributed by atoms with Gasteiger partial charge in [0.05, 0.1) is 11.4 Å². The van der Waals surface area contributed by atoms with Gasteiger partial charge in [-0.3, -0.25) is 14.5 Å². The Labute approximate surface area is 178 Å². The molecule has 0 radical (unpaired) electrons. The summed E-state index contributed by atoms with van der Waals surface area (Å²) in [5.41, 5.74) is 3.95. The molecule has 0 unspecified atom stereocenters. The molecule has 1 amide bonds. The number of anilines is 2. The van der Waals surface area contributed by atoms with Crippen LogP contribution in [-0.4, -0.2) is 23.5 Å². The molecule has 30 heavy (non-hydrogen) atoms. The van der Waals surface area contributed by atoms with E-state index in [2.05, 4.69) is 4.98 Å². The Kier molecular flexibility index (Phi) is 5.37. The van der Waals surface area contributed by atoms with Gasteiger partial charge in [0.25, 0.3) is 0 Å². The number of hydrogen-bond donors (Lipinski definition) is 0. The summed E-state index contributed by atoms with van der Waals surface area (Å²) >= 11 is 1.36. The summed E-state index contributed by atoms with van der Waals surface area (Å²) in [4.78, 5) is 31.1. The molecule has 0 fully saturated rings. The summed E-state index contributed by atoms with van der Waals surface area (Å²) < 4.78 is 10.6. The van der Waals surface area contributed by atoms with Crippen molar-refractivity contribution in [1.29, 1.82) is 0 Å². The first-order valence-corrected chi connectivity index (χ1v) is 10.3. The second-order valence-electron chi connectivity index (χ2n) is 6.92. The second kappa shape index (κ2) is 8.12. The van der Waals surface area contributed by atoms with E-state index in [9.17, 15) is 9.59 Å². The zero-order chi connectivity index (χ0) is 21.3. The van der Waals surface area contributed by atoms with Crippen LogP contribution in [0, 0.1) is 13.8 Å². The van der Waals surface area contributed by atoms with Gasteiger partial charge in [-0.25, -0.2) is 4.98 Å². The molecule has 0 N–H and O–H groups in total. The fourth-order valence-electron chi connectivity index (χ4n) is 3.31. The van der Waals surface area contributed by atoms with Crippen molar-refractivity contribution in [2.45, 2.75) is 20.8 Å². The minimum absolute atomic E-state index is 0.117. The van der Waals surface area contributed by atoms with Crippen LogP contribution in [0.3, 0.4) is 0 Å². The largest absolute Gasteiger partial charge is 0.454 e. The van der Waals surface area contributed by atoms with E-state index in [0.29, 0.717) is 27.9 Å². The van der Waals surface area contributed by atoms with E-state index in [-0.39, 0.29) is 18.5 Å². The fourth-order valence-corrected chi connectivity index (χ4v) is 4.15. The number of allylic oxidation sites excluding steroid dienone is 1. The molecule has 6 nitrogen and oxygen atoms in total. The maximum atomic E-state index is 12.5. The van der Waals surface area contributed by atoms with Gasteiger partial charge in [-0.15, -0.1) is 11.3 Å². The van der Waals surface area contributed by atoms with Crippen LogP contribution in [0.5, 0.6) is 11.5 Å². The molecule has 0 spiro atoms. The van der Waals surface area contributed by atoms with Crippen molar-refractivity contribution >= 4 is 39.9 Å². The lowest BCUT2D eigenvalue weighted by Gasteiger charge is -2.22. The zero-order valence-electron chi connectivity index (χ0n) is 16.8. The van der Waals surface area contributed by atoms with E-state index < -0.39 is 0 Å². The molecule has 2 aromatic carbocycles. The van der Waals surface area contributed by atoms with Gasteiger partial charge in [0.15, 0.2) is 22.4 Å². The fraction of sp³-hybridized carbons (Fsp3) is 0.174. The smallest absolute Gasteiger partial charge is 0.231 e.